The highest BCUT2D eigenvalue weighted by atomic mass is 19.1. The maximum absolute atomic E-state index is 14.1. The molecule has 2 saturated carbocycles. The monoisotopic (exact) mass is 518 g/mol. The molecule has 0 unspecified atom stereocenters. The highest BCUT2D eigenvalue weighted by Crippen LogP contribution is 2.34. The molecule has 2 fully saturated rings. The minimum absolute atomic E-state index is 0.0590. The summed E-state index contributed by atoms with van der Waals surface area (Å²) in [5.74, 6) is -1.15. The molecule has 37 heavy (non-hydrogen) atoms. The van der Waals surface area contributed by atoms with Crippen LogP contribution in [0.5, 0.6) is 0 Å². The number of halogens is 1. The average molecular weight is 519 g/mol. The molecule has 2 aliphatic carbocycles. The second-order valence-corrected chi connectivity index (χ2v) is 11.0. The third-order valence-corrected chi connectivity index (χ3v) is 7.30. The van der Waals surface area contributed by atoms with E-state index in [9.17, 15) is 23.6 Å². The Balaban J connectivity index is 1.61. The van der Waals surface area contributed by atoms with Crippen LogP contribution in [0.2, 0.25) is 0 Å². The SMILES string of the molecule is COC(=O)[C@H]1CC[C@H](n2c(=O)n([C@H]3CC[C@@H](NC(=O)OC(C)(C)C)CC3)c(=O)c3cc(F)cnc32)CC1. The number of rotatable bonds is 4. The van der Waals surface area contributed by atoms with Crippen molar-refractivity contribution in [2.75, 3.05) is 7.11 Å². The minimum atomic E-state index is -0.652. The molecule has 202 valence electrons. The Bertz CT molecular complexity index is 1280. The van der Waals surface area contributed by atoms with E-state index in [0.29, 0.717) is 51.4 Å². The molecule has 0 aromatic carbocycles. The first-order chi connectivity index (χ1) is 17.5. The number of hydrogen-bond donors (Lipinski definition) is 1. The molecule has 10 nitrogen and oxygen atoms in total. The zero-order chi connectivity index (χ0) is 26.9. The smallest absolute Gasteiger partial charge is 0.407 e. The number of carbonyl (C=O) groups excluding carboxylic acids is 2. The number of fused-ring (bicyclic) bond motifs is 1. The second kappa shape index (κ2) is 10.6. The molecule has 2 heterocycles. The molecule has 0 bridgehead atoms. The Morgan fingerprint density at radius 3 is 2.19 bits per heavy atom. The summed E-state index contributed by atoms with van der Waals surface area (Å²) in [6.45, 7) is 5.38. The molecular formula is C26H35FN4O6. The summed E-state index contributed by atoms with van der Waals surface area (Å²) in [5.41, 5.74) is -1.48. The van der Waals surface area contributed by atoms with Gasteiger partial charge >= 0.3 is 17.8 Å². The van der Waals surface area contributed by atoms with Crippen LogP contribution in [-0.2, 0) is 14.3 Å². The van der Waals surface area contributed by atoms with Crippen LogP contribution in [0, 0.1) is 11.7 Å². The fourth-order valence-electron chi connectivity index (χ4n) is 5.54. The molecule has 0 saturated heterocycles. The minimum Gasteiger partial charge on any atom is -0.469 e. The van der Waals surface area contributed by atoms with Crippen molar-refractivity contribution in [2.45, 2.75) is 95.9 Å². The number of hydrogen-bond acceptors (Lipinski definition) is 7. The molecule has 0 spiro atoms. The summed E-state index contributed by atoms with van der Waals surface area (Å²) in [5, 5.41) is 2.92. The number of pyridine rings is 1. The molecule has 2 aromatic heterocycles. The fraction of sp³-hybridized carbons (Fsp3) is 0.654. The van der Waals surface area contributed by atoms with E-state index >= 15 is 0 Å². The maximum Gasteiger partial charge on any atom is 0.407 e. The number of nitrogens with one attached hydrogen (secondary N) is 1. The van der Waals surface area contributed by atoms with Gasteiger partial charge in [-0.1, -0.05) is 0 Å². The number of ether oxygens (including phenoxy) is 2. The first-order valence-electron chi connectivity index (χ1n) is 12.9. The predicted octanol–water partition coefficient (Wildman–Crippen LogP) is 3.61. The van der Waals surface area contributed by atoms with Gasteiger partial charge in [-0.3, -0.25) is 18.7 Å². The lowest BCUT2D eigenvalue weighted by atomic mass is 9.86. The number of aromatic nitrogens is 3. The quantitative estimate of drug-likeness (QED) is 0.614. The Morgan fingerprint density at radius 2 is 1.59 bits per heavy atom. The van der Waals surface area contributed by atoms with Crippen LogP contribution in [-0.4, -0.2) is 44.9 Å². The summed E-state index contributed by atoms with van der Waals surface area (Å²) in [4.78, 5) is 55.5. The molecule has 4 rings (SSSR count). The highest BCUT2D eigenvalue weighted by molar-refractivity contribution is 5.74. The van der Waals surface area contributed by atoms with E-state index < -0.39 is 28.8 Å². The van der Waals surface area contributed by atoms with Crippen LogP contribution in [0.4, 0.5) is 9.18 Å². The lowest BCUT2D eigenvalue weighted by Crippen LogP contribution is -2.47. The molecule has 2 aromatic rings. The van der Waals surface area contributed by atoms with Crippen molar-refractivity contribution >= 4 is 23.1 Å². The number of nitrogens with zero attached hydrogens (tertiary/aromatic N) is 3. The Kier molecular flexibility index (Phi) is 7.70. The summed E-state index contributed by atoms with van der Waals surface area (Å²) >= 11 is 0. The number of esters is 1. The largest absolute Gasteiger partial charge is 0.469 e. The van der Waals surface area contributed by atoms with Crippen LogP contribution in [0.25, 0.3) is 11.0 Å². The van der Waals surface area contributed by atoms with E-state index in [1.165, 1.54) is 16.2 Å². The Labute approximate surface area is 214 Å². The molecule has 0 aliphatic heterocycles. The lowest BCUT2D eigenvalue weighted by molar-refractivity contribution is -0.146. The van der Waals surface area contributed by atoms with Crippen molar-refractivity contribution in [3.63, 3.8) is 0 Å². The number of amides is 1. The molecule has 0 atom stereocenters. The topological polar surface area (TPSA) is 122 Å². The van der Waals surface area contributed by atoms with Crippen LogP contribution >= 0.6 is 0 Å². The first-order valence-corrected chi connectivity index (χ1v) is 12.9. The maximum atomic E-state index is 14.1. The molecule has 0 radical (unpaired) electrons. The molecule has 2 aliphatic rings. The van der Waals surface area contributed by atoms with Gasteiger partial charge in [-0.05, 0) is 78.2 Å². The summed E-state index contributed by atoms with van der Waals surface area (Å²) in [6, 6.07) is 0.345. The van der Waals surface area contributed by atoms with Crippen molar-refractivity contribution in [1.82, 2.24) is 19.4 Å². The third kappa shape index (κ3) is 5.86. The van der Waals surface area contributed by atoms with E-state index in [0.717, 1.165) is 12.3 Å². The van der Waals surface area contributed by atoms with Crippen molar-refractivity contribution in [1.29, 1.82) is 0 Å². The van der Waals surface area contributed by atoms with Gasteiger partial charge in [-0.15, -0.1) is 0 Å². The van der Waals surface area contributed by atoms with E-state index in [1.807, 2.05) is 0 Å². The van der Waals surface area contributed by atoms with Gasteiger partial charge in [0.25, 0.3) is 5.56 Å². The van der Waals surface area contributed by atoms with Gasteiger partial charge in [0, 0.05) is 18.1 Å². The fourth-order valence-corrected chi connectivity index (χ4v) is 5.54. The van der Waals surface area contributed by atoms with Gasteiger partial charge in [0.2, 0.25) is 0 Å². The third-order valence-electron chi connectivity index (χ3n) is 7.30. The molecule has 1 N–H and O–H groups in total. The zero-order valence-electron chi connectivity index (χ0n) is 21.8. The highest BCUT2D eigenvalue weighted by Gasteiger charge is 2.33. The molecule has 1 amide bonds. The lowest BCUT2D eigenvalue weighted by Gasteiger charge is -2.32. The van der Waals surface area contributed by atoms with E-state index in [-0.39, 0.29) is 41.0 Å². The number of carbonyl (C=O) groups is 2. The van der Waals surface area contributed by atoms with Gasteiger partial charge in [0.1, 0.15) is 17.1 Å². The van der Waals surface area contributed by atoms with Crippen molar-refractivity contribution in [3.05, 3.63) is 38.9 Å². The Morgan fingerprint density at radius 1 is 1.00 bits per heavy atom. The van der Waals surface area contributed by atoms with E-state index in [2.05, 4.69) is 10.3 Å². The predicted molar refractivity (Wildman–Crippen MR) is 134 cm³/mol. The summed E-state index contributed by atoms with van der Waals surface area (Å²) in [7, 11) is 1.36. The summed E-state index contributed by atoms with van der Waals surface area (Å²) < 4.78 is 27.1. The number of alkyl carbamates (subject to hydrolysis) is 1. The van der Waals surface area contributed by atoms with Crippen molar-refractivity contribution < 1.29 is 23.5 Å². The average Bonchev–Trinajstić information content (AvgIpc) is 2.84. The zero-order valence-corrected chi connectivity index (χ0v) is 21.8. The van der Waals surface area contributed by atoms with Gasteiger partial charge < -0.3 is 14.8 Å². The molecule has 11 heteroatoms. The van der Waals surface area contributed by atoms with Crippen LogP contribution in [0.1, 0.15) is 84.2 Å². The Hall–Kier alpha value is -3.24. The number of methoxy groups -OCH3 is 1. The van der Waals surface area contributed by atoms with Crippen LogP contribution in [0.3, 0.4) is 0 Å². The van der Waals surface area contributed by atoms with Crippen LogP contribution < -0.4 is 16.6 Å². The van der Waals surface area contributed by atoms with Gasteiger partial charge in [0.15, 0.2) is 0 Å². The van der Waals surface area contributed by atoms with Gasteiger partial charge in [0.05, 0.1) is 24.6 Å². The van der Waals surface area contributed by atoms with Gasteiger partial charge in [-0.2, -0.15) is 0 Å². The van der Waals surface area contributed by atoms with Gasteiger partial charge in [-0.25, -0.2) is 19.0 Å². The normalized spacial score (nSPS) is 24.5. The first kappa shape index (κ1) is 26.8. The summed E-state index contributed by atoms with van der Waals surface area (Å²) in [6.07, 6.45) is 4.83. The molecular weight excluding hydrogens is 483 g/mol. The standard InChI is InChI=1S/C26H35FN4O6/c1-26(2,3)37-24(34)29-17-7-11-19(12-8-17)31-22(32)20-13-16(27)14-28-21(20)30(25(31)35)18-9-5-15(6-10-18)23(33)36-4/h13-15,17-19H,5-12H2,1-4H3,(H,29,34)/t15-,17-,18-,19+. The van der Waals surface area contributed by atoms with Crippen molar-refractivity contribution in [2.24, 2.45) is 5.92 Å². The van der Waals surface area contributed by atoms with E-state index in [1.54, 1.807) is 20.8 Å². The van der Waals surface area contributed by atoms with Crippen molar-refractivity contribution in [3.8, 4) is 0 Å². The van der Waals surface area contributed by atoms with Crippen LogP contribution in [0.15, 0.2) is 21.9 Å². The second-order valence-electron chi connectivity index (χ2n) is 11.0. The van der Waals surface area contributed by atoms with E-state index in [4.69, 9.17) is 9.47 Å².